The molecule has 0 aliphatic heterocycles. The van der Waals surface area contributed by atoms with Crippen LogP contribution in [-0.4, -0.2) is 48.8 Å². The van der Waals surface area contributed by atoms with Gasteiger partial charge in [0, 0.05) is 52.3 Å². The summed E-state index contributed by atoms with van der Waals surface area (Å²) in [6.45, 7) is 2.48. The van der Waals surface area contributed by atoms with E-state index in [2.05, 4.69) is 25.2 Å². The molecule has 0 aromatic carbocycles. The molecule has 0 atom stereocenters. The topological polar surface area (TPSA) is 63.2 Å². The SMILES string of the molecule is COCCCNc1cc(N(C)CCc2ccncc2)ncn1. The number of methoxy groups -OCH3 is 1. The van der Waals surface area contributed by atoms with Crippen molar-refractivity contribution in [3.63, 3.8) is 0 Å². The van der Waals surface area contributed by atoms with Crippen LogP contribution in [0.3, 0.4) is 0 Å². The molecular weight excluding hydrogens is 278 g/mol. The molecule has 0 bridgehead atoms. The average molecular weight is 301 g/mol. The van der Waals surface area contributed by atoms with Crippen LogP contribution in [0.2, 0.25) is 0 Å². The second-order valence-electron chi connectivity index (χ2n) is 5.06. The molecule has 6 heteroatoms. The number of rotatable bonds is 9. The van der Waals surface area contributed by atoms with Gasteiger partial charge in [-0.1, -0.05) is 0 Å². The summed E-state index contributed by atoms with van der Waals surface area (Å²) >= 11 is 0. The van der Waals surface area contributed by atoms with E-state index in [9.17, 15) is 0 Å². The van der Waals surface area contributed by atoms with Crippen molar-refractivity contribution in [2.24, 2.45) is 0 Å². The van der Waals surface area contributed by atoms with Crippen LogP contribution in [-0.2, 0) is 11.2 Å². The maximum atomic E-state index is 5.03. The van der Waals surface area contributed by atoms with Crippen molar-refractivity contribution >= 4 is 11.6 Å². The van der Waals surface area contributed by atoms with Crippen molar-refractivity contribution in [1.82, 2.24) is 15.0 Å². The first-order valence-corrected chi connectivity index (χ1v) is 7.44. The van der Waals surface area contributed by atoms with Gasteiger partial charge in [-0.25, -0.2) is 9.97 Å². The number of aromatic nitrogens is 3. The Labute approximate surface area is 131 Å². The molecule has 2 rings (SSSR count). The minimum Gasteiger partial charge on any atom is -0.385 e. The Kier molecular flexibility index (Phi) is 6.57. The van der Waals surface area contributed by atoms with E-state index >= 15 is 0 Å². The summed E-state index contributed by atoms with van der Waals surface area (Å²) < 4.78 is 5.03. The zero-order chi connectivity index (χ0) is 15.6. The van der Waals surface area contributed by atoms with Crippen LogP contribution >= 0.6 is 0 Å². The van der Waals surface area contributed by atoms with E-state index in [1.54, 1.807) is 13.4 Å². The average Bonchev–Trinajstić information content (AvgIpc) is 2.58. The molecule has 22 heavy (non-hydrogen) atoms. The van der Waals surface area contributed by atoms with Gasteiger partial charge in [0.1, 0.15) is 18.0 Å². The van der Waals surface area contributed by atoms with E-state index in [0.717, 1.165) is 44.2 Å². The molecule has 2 aromatic heterocycles. The van der Waals surface area contributed by atoms with Crippen molar-refractivity contribution in [3.8, 4) is 0 Å². The first-order valence-electron chi connectivity index (χ1n) is 7.44. The summed E-state index contributed by atoms with van der Waals surface area (Å²) in [6.07, 6.45) is 7.15. The van der Waals surface area contributed by atoms with Crippen molar-refractivity contribution < 1.29 is 4.74 Å². The Morgan fingerprint density at radius 3 is 2.82 bits per heavy atom. The van der Waals surface area contributed by atoms with Crippen molar-refractivity contribution in [1.29, 1.82) is 0 Å². The molecule has 0 radical (unpaired) electrons. The molecule has 6 nitrogen and oxygen atoms in total. The van der Waals surface area contributed by atoms with Gasteiger partial charge in [-0.05, 0) is 30.5 Å². The second kappa shape index (κ2) is 8.94. The third kappa shape index (κ3) is 5.29. The number of hydrogen-bond acceptors (Lipinski definition) is 6. The summed E-state index contributed by atoms with van der Waals surface area (Å²) in [6, 6.07) is 6.05. The van der Waals surface area contributed by atoms with Gasteiger partial charge in [-0.2, -0.15) is 0 Å². The van der Waals surface area contributed by atoms with Gasteiger partial charge in [-0.15, -0.1) is 0 Å². The molecule has 0 aliphatic carbocycles. The lowest BCUT2D eigenvalue weighted by atomic mass is 10.2. The fraction of sp³-hybridized carbons (Fsp3) is 0.438. The summed E-state index contributed by atoms with van der Waals surface area (Å²) in [5.41, 5.74) is 1.27. The Hall–Kier alpha value is -2.21. The number of anilines is 2. The largest absolute Gasteiger partial charge is 0.385 e. The fourth-order valence-corrected chi connectivity index (χ4v) is 2.05. The number of nitrogens with zero attached hydrogens (tertiary/aromatic N) is 4. The Morgan fingerprint density at radius 2 is 2.05 bits per heavy atom. The molecule has 0 unspecified atom stereocenters. The van der Waals surface area contributed by atoms with E-state index in [0.29, 0.717) is 0 Å². The second-order valence-corrected chi connectivity index (χ2v) is 5.06. The molecule has 2 heterocycles. The minimum absolute atomic E-state index is 0.747. The number of ether oxygens (including phenoxy) is 1. The third-order valence-corrected chi connectivity index (χ3v) is 3.36. The van der Waals surface area contributed by atoms with Crippen molar-refractivity contribution in [2.45, 2.75) is 12.8 Å². The van der Waals surface area contributed by atoms with Gasteiger partial charge in [0.05, 0.1) is 0 Å². The lowest BCUT2D eigenvalue weighted by molar-refractivity contribution is 0.198. The maximum Gasteiger partial charge on any atom is 0.133 e. The first-order chi connectivity index (χ1) is 10.8. The van der Waals surface area contributed by atoms with E-state index in [1.165, 1.54) is 5.56 Å². The summed E-state index contributed by atoms with van der Waals surface area (Å²) in [4.78, 5) is 14.7. The molecule has 0 saturated heterocycles. The zero-order valence-electron chi connectivity index (χ0n) is 13.2. The standard InChI is InChI=1S/C16H23N5O/c1-21(10-6-14-4-8-17-9-5-14)16-12-15(19-13-20-16)18-7-3-11-22-2/h4-5,8-9,12-13H,3,6-7,10-11H2,1-2H3,(H,18,19,20). The van der Waals surface area contributed by atoms with Gasteiger partial charge in [0.25, 0.3) is 0 Å². The normalized spacial score (nSPS) is 10.5. The predicted octanol–water partition coefficient (Wildman–Crippen LogP) is 2.00. The molecule has 0 saturated carbocycles. The highest BCUT2D eigenvalue weighted by molar-refractivity contribution is 5.47. The van der Waals surface area contributed by atoms with Crippen molar-refractivity contribution in [3.05, 3.63) is 42.5 Å². The van der Waals surface area contributed by atoms with E-state index in [-0.39, 0.29) is 0 Å². The van der Waals surface area contributed by atoms with E-state index < -0.39 is 0 Å². The zero-order valence-corrected chi connectivity index (χ0v) is 13.2. The molecule has 2 aromatic rings. The number of nitrogens with one attached hydrogen (secondary N) is 1. The van der Waals surface area contributed by atoms with Crippen LogP contribution in [0.25, 0.3) is 0 Å². The highest BCUT2D eigenvalue weighted by Gasteiger charge is 2.05. The lowest BCUT2D eigenvalue weighted by Gasteiger charge is -2.18. The minimum atomic E-state index is 0.747. The van der Waals surface area contributed by atoms with Gasteiger partial charge in [-0.3, -0.25) is 4.98 Å². The monoisotopic (exact) mass is 301 g/mol. The van der Waals surface area contributed by atoms with Crippen LogP contribution in [0.5, 0.6) is 0 Å². The lowest BCUT2D eigenvalue weighted by Crippen LogP contribution is -2.21. The summed E-state index contributed by atoms with van der Waals surface area (Å²) in [5, 5.41) is 3.28. The smallest absolute Gasteiger partial charge is 0.133 e. The van der Waals surface area contributed by atoms with Gasteiger partial charge in [0.2, 0.25) is 0 Å². The maximum absolute atomic E-state index is 5.03. The molecule has 0 fully saturated rings. The molecular formula is C16H23N5O. The number of likely N-dealkylation sites (N-methyl/N-ethyl adjacent to an activating group) is 1. The van der Waals surface area contributed by atoms with E-state index in [4.69, 9.17) is 4.74 Å². The van der Waals surface area contributed by atoms with Crippen LogP contribution in [0.1, 0.15) is 12.0 Å². The van der Waals surface area contributed by atoms with Crippen molar-refractivity contribution in [2.75, 3.05) is 44.1 Å². The highest BCUT2D eigenvalue weighted by atomic mass is 16.5. The fourth-order valence-electron chi connectivity index (χ4n) is 2.05. The Balaban J connectivity index is 1.85. The third-order valence-electron chi connectivity index (χ3n) is 3.36. The van der Waals surface area contributed by atoms with Crippen LogP contribution in [0.4, 0.5) is 11.6 Å². The summed E-state index contributed by atoms with van der Waals surface area (Å²) in [5.74, 6) is 1.76. The van der Waals surface area contributed by atoms with Crippen LogP contribution < -0.4 is 10.2 Å². The molecule has 118 valence electrons. The van der Waals surface area contributed by atoms with Gasteiger partial charge in [0.15, 0.2) is 0 Å². The van der Waals surface area contributed by atoms with Gasteiger partial charge < -0.3 is 15.0 Å². The predicted molar refractivity (Wildman–Crippen MR) is 88.2 cm³/mol. The van der Waals surface area contributed by atoms with Crippen LogP contribution in [0.15, 0.2) is 36.9 Å². The first kappa shape index (κ1) is 16.2. The molecule has 0 amide bonds. The highest BCUT2D eigenvalue weighted by Crippen LogP contribution is 2.13. The Bertz CT molecular complexity index is 549. The van der Waals surface area contributed by atoms with E-state index in [1.807, 2.05) is 37.6 Å². The van der Waals surface area contributed by atoms with Crippen LogP contribution in [0, 0.1) is 0 Å². The summed E-state index contributed by atoms with van der Waals surface area (Å²) in [7, 11) is 3.75. The quantitative estimate of drug-likeness (QED) is 0.715. The number of pyridine rings is 1. The Morgan fingerprint density at radius 1 is 1.23 bits per heavy atom. The molecule has 0 aliphatic rings. The molecule has 1 N–H and O–H groups in total. The van der Waals surface area contributed by atoms with Gasteiger partial charge >= 0.3 is 0 Å². The molecule has 0 spiro atoms. The number of hydrogen-bond donors (Lipinski definition) is 1.